The summed E-state index contributed by atoms with van der Waals surface area (Å²) in [4.78, 5) is 0.227. The van der Waals surface area contributed by atoms with Gasteiger partial charge in [0.15, 0.2) is 0 Å². The molecule has 118 valence electrons. The van der Waals surface area contributed by atoms with Crippen molar-refractivity contribution in [3.63, 3.8) is 0 Å². The van der Waals surface area contributed by atoms with Gasteiger partial charge in [-0.1, -0.05) is 0 Å². The number of hydrogen-bond acceptors (Lipinski definition) is 5. The first-order valence-electron chi connectivity index (χ1n) is 6.88. The Morgan fingerprint density at radius 1 is 1.48 bits per heavy atom. The molecular weight excluding hydrogens is 292 g/mol. The van der Waals surface area contributed by atoms with Crippen LogP contribution in [0.4, 0.5) is 0 Å². The van der Waals surface area contributed by atoms with Gasteiger partial charge >= 0.3 is 0 Å². The number of rotatable bonds is 5. The summed E-state index contributed by atoms with van der Waals surface area (Å²) in [5, 5.41) is 0. The number of sulfonamides is 1. The summed E-state index contributed by atoms with van der Waals surface area (Å²) in [5.41, 5.74) is 6.32. The van der Waals surface area contributed by atoms with Gasteiger partial charge in [-0.2, -0.15) is 4.31 Å². The molecule has 1 fully saturated rings. The number of methoxy groups -OCH3 is 1. The van der Waals surface area contributed by atoms with E-state index in [0.29, 0.717) is 24.3 Å². The van der Waals surface area contributed by atoms with Crippen LogP contribution >= 0.6 is 0 Å². The van der Waals surface area contributed by atoms with Crippen molar-refractivity contribution in [3.8, 4) is 5.75 Å². The molecule has 2 unspecified atom stereocenters. The van der Waals surface area contributed by atoms with Crippen molar-refractivity contribution in [2.45, 2.75) is 36.9 Å². The molecule has 6 nitrogen and oxygen atoms in total. The molecule has 0 radical (unpaired) electrons. The Bertz CT molecular complexity index is 603. The Labute approximate surface area is 125 Å². The van der Waals surface area contributed by atoms with E-state index in [1.807, 2.05) is 6.92 Å². The second-order valence-electron chi connectivity index (χ2n) is 5.13. The SMILES string of the molecule is COc1ccc(S(=O)(=O)N(C)C2CCOC2C)cc1CN. The number of hydrogen-bond donors (Lipinski definition) is 1. The third-order valence-corrected chi connectivity index (χ3v) is 5.83. The minimum absolute atomic E-state index is 0.1000. The third kappa shape index (κ3) is 3.06. The van der Waals surface area contributed by atoms with Crippen molar-refractivity contribution in [2.75, 3.05) is 20.8 Å². The van der Waals surface area contributed by atoms with E-state index in [1.165, 1.54) is 11.4 Å². The number of likely N-dealkylation sites (N-methyl/N-ethyl adjacent to an activating group) is 1. The van der Waals surface area contributed by atoms with Crippen LogP contribution in [0.1, 0.15) is 18.9 Å². The fourth-order valence-electron chi connectivity index (χ4n) is 2.62. The minimum atomic E-state index is -3.57. The van der Waals surface area contributed by atoms with E-state index in [9.17, 15) is 8.42 Å². The molecule has 0 aromatic heterocycles. The molecule has 21 heavy (non-hydrogen) atoms. The van der Waals surface area contributed by atoms with Crippen LogP contribution < -0.4 is 10.5 Å². The van der Waals surface area contributed by atoms with Crippen LogP contribution in [0, 0.1) is 0 Å². The highest BCUT2D eigenvalue weighted by Gasteiger charge is 2.35. The van der Waals surface area contributed by atoms with Gasteiger partial charge in [-0.3, -0.25) is 0 Å². The van der Waals surface area contributed by atoms with Crippen LogP contribution in [0.25, 0.3) is 0 Å². The Kier molecular flexibility index (Phi) is 4.88. The molecule has 1 aliphatic rings. The molecule has 7 heteroatoms. The summed E-state index contributed by atoms with van der Waals surface area (Å²) in [6, 6.07) is 4.62. The van der Waals surface area contributed by atoms with Gasteiger partial charge in [0.1, 0.15) is 5.75 Å². The largest absolute Gasteiger partial charge is 0.496 e. The molecule has 0 bridgehead atoms. The molecule has 0 aliphatic carbocycles. The highest BCUT2D eigenvalue weighted by molar-refractivity contribution is 7.89. The van der Waals surface area contributed by atoms with Crippen LogP contribution in [0.2, 0.25) is 0 Å². The van der Waals surface area contributed by atoms with Crippen molar-refractivity contribution in [3.05, 3.63) is 23.8 Å². The number of benzene rings is 1. The lowest BCUT2D eigenvalue weighted by atomic mass is 10.2. The van der Waals surface area contributed by atoms with E-state index in [0.717, 1.165) is 0 Å². The Hall–Kier alpha value is -1.15. The third-order valence-electron chi connectivity index (χ3n) is 3.95. The van der Waals surface area contributed by atoms with Crippen LogP contribution in [0.5, 0.6) is 5.75 Å². The fraction of sp³-hybridized carbons (Fsp3) is 0.571. The highest BCUT2D eigenvalue weighted by Crippen LogP contribution is 2.27. The Balaban J connectivity index is 2.35. The van der Waals surface area contributed by atoms with E-state index in [2.05, 4.69) is 0 Å². The molecule has 2 atom stereocenters. The van der Waals surface area contributed by atoms with Crippen molar-refractivity contribution in [1.82, 2.24) is 4.31 Å². The first-order chi connectivity index (χ1) is 9.91. The van der Waals surface area contributed by atoms with Gasteiger partial charge in [0, 0.05) is 25.8 Å². The van der Waals surface area contributed by atoms with Crippen LogP contribution in [-0.2, 0) is 21.3 Å². The number of nitrogens with two attached hydrogens (primary N) is 1. The predicted molar refractivity (Wildman–Crippen MR) is 79.7 cm³/mol. The molecule has 1 aromatic rings. The molecule has 2 N–H and O–H groups in total. The zero-order valence-corrected chi connectivity index (χ0v) is 13.4. The standard InChI is InChI=1S/C14H22N2O4S/c1-10-13(6-7-20-10)16(2)21(17,18)12-4-5-14(19-3)11(8-12)9-15/h4-5,8,10,13H,6-7,9,15H2,1-3H3. The van der Waals surface area contributed by atoms with Gasteiger partial charge < -0.3 is 15.2 Å². The molecule has 1 aliphatic heterocycles. The zero-order valence-electron chi connectivity index (χ0n) is 12.6. The molecular formula is C14H22N2O4S. The quantitative estimate of drug-likeness (QED) is 0.875. The second-order valence-corrected chi connectivity index (χ2v) is 7.13. The lowest BCUT2D eigenvalue weighted by Gasteiger charge is -2.26. The molecule has 1 saturated heterocycles. The summed E-state index contributed by atoms with van der Waals surface area (Å²) in [6.45, 7) is 2.70. The maximum atomic E-state index is 12.7. The van der Waals surface area contributed by atoms with Gasteiger partial charge in [0.25, 0.3) is 0 Å². The van der Waals surface area contributed by atoms with E-state index >= 15 is 0 Å². The fourth-order valence-corrected chi connectivity index (χ4v) is 4.11. The van der Waals surface area contributed by atoms with Crippen LogP contribution in [0.15, 0.2) is 23.1 Å². The smallest absolute Gasteiger partial charge is 0.243 e. The van der Waals surface area contributed by atoms with Crippen molar-refractivity contribution < 1.29 is 17.9 Å². The normalized spacial score (nSPS) is 22.7. The van der Waals surface area contributed by atoms with Gasteiger partial charge in [0.2, 0.25) is 10.0 Å². The lowest BCUT2D eigenvalue weighted by Crippen LogP contribution is -2.40. The van der Waals surface area contributed by atoms with E-state index in [-0.39, 0.29) is 23.6 Å². The molecule has 0 saturated carbocycles. The number of ether oxygens (including phenoxy) is 2. The van der Waals surface area contributed by atoms with E-state index in [4.69, 9.17) is 15.2 Å². The second kappa shape index (κ2) is 6.31. The summed E-state index contributed by atoms with van der Waals surface area (Å²) < 4.78 is 37.5. The van der Waals surface area contributed by atoms with Crippen molar-refractivity contribution in [1.29, 1.82) is 0 Å². The van der Waals surface area contributed by atoms with Crippen molar-refractivity contribution in [2.24, 2.45) is 5.73 Å². The molecule has 2 rings (SSSR count). The Morgan fingerprint density at radius 3 is 2.71 bits per heavy atom. The minimum Gasteiger partial charge on any atom is -0.496 e. The topological polar surface area (TPSA) is 81.9 Å². The average Bonchev–Trinajstić information content (AvgIpc) is 2.91. The van der Waals surface area contributed by atoms with Gasteiger partial charge in [-0.05, 0) is 31.5 Å². The van der Waals surface area contributed by atoms with Crippen molar-refractivity contribution >= 4 is 10.0 Å². The Morgan fingerprint density at radius 2 is 2.19 bits per heavy atom. The first-order valence-corrected chi connectivity index (χ1v) is 8.32. The maximum Gasteiger partial charge on any atom is 0.243 e. The molecule has 1 aromatic carbocycles. The zero-order chi connectivity index (χ0) is 15.6. The summed E-state index contributed by atoms with van der Waals surface area (Å²) in [6.07, 6.45) is 0.605. The van der Waals surface area contributed by atoms with Gasteiger partial charge in [-0.15, -0.1) is 0 Å². The summed E-state index contributed by atoms with van der Waals surface area (Å²) >= 11 is 0. The summed E-state index contributed by atoms with van der Waals surface area (Å²) in [5.74, 6) is 0.594. The molecule has 1 heterocycles. The monoisotopic (exact) mass is 314 g/mol. The van der Waals surface area contributed by atoms with Gasteiger partial charge in [0.05, 0.1) is 24.2 Å². The maximum absolute atomic E-state index is 12.7. The summed E-state index contributed by atoms with van der Waals surface area (Å²) in [7, 11) is -0.442. The molecule has 0 spiro atoms. The number of nitrogens with zero attached hydrogens (tertiary/aromatic N) is 1. The van der Waals surface area contributed by atoms with Gasteiger partial charge in [-0.25, -0.2) is 8.42 Å². The van der Waals surface area contributed by atoms with Crippen LogP contribution in [0.3, 0.4) is 0 Å². The molecule has 0 amide bonds. The van der Waals surface area contributed by atoms with E-state index in [1.54, 1.807) is 25.2 Å². The first kappa shape index (κ1) is 16.2. The highest BCUT2D eigenvalue weighted by atomic mass is 32.2. The lowest BCUT2D eigenvalue weighted by molar-refractivity contribution is 0.102. The van der Waals surface area contributed by atoms with Crippen LogP contribution in [-0.4, -0.2) is 45.6 Å². The predicted octanol–water partition coefficient (Wildman–Crippen LogP) is 0.952. The van der Waals surface area contributed by atoms with E-state index < -0.39 is 10.0 Å². The average molecular weight is 314 g/mol.